The zero-order valence-corrected chi connectivity index (χ0v) is 12.2. The van der Waals surface area contributed by atoms with E-state index in [9.17, 15) is 4.79 Å². The van der Waals surface area contributed by atoms with Gasteiger partial charge in [-0.3, -0.25) is 9.69 Å². The number of rotatable bonds is 8. The molecular weight excluding hydrogens is 238 g/mol. The third-order valence-electron chi connectivity index (χ3n) is 3.32. The van der Waals surface area contributed by atoms with Gasteiger partial charge in [-0.25, -0.2) is 0 Å². The van der Waals surface area contributed by atoms with Crippen LogP contribution >= 0.6 is 0 Å². The van der Waals surface area contributed by atoms with Gasteiger partial charge in [-0.2, -0.15) is 0 Å². The molecule has 1 rings (SSSR count). The highest BCUT2D eigenvalue weighted by Crippen LogP contribution is 2.12. The fourth-order valence-corrected chi connectivity index (χ4v) is 1.99. The molecule has 0 radical (unpaired) electrons. The maximum Gasteiger partial charge on any atom is 0.304 e. The normalized spacial score (nSPS) is 11.2. The van der Waals surface area contributed by atoms with Crippen molar-refractivity contribution in [2.24, 2.45) is 5.92 Å². The molecule has 0 saturated heterocycles. The summed E-state index contributed by atoms with van der Waals surface area (Å²) in [5.41, 5.74) is 2.56. The zero-order chi connectivity index (χ0) is 14.3. The molecule has 106 valence electrons. The fraction of sp³-hybridized carbons (Fsp3) is 0.562. The van der Waals surface area contributed by atoms with Gasteiger partial charge in [0.15, 0.2) is 0 Å². The molecule has 0 aliphatic rings. The number of carboxylic acid groups (broad SMARTS) is 1. The van der Waals surface area contributed by atoms with Crippen LogP contribution in [0, 0.1) is 12.8 Å². The predicted octanol–water partition coefficient (Wildman–Crippen LogP) is 3.32. The van der Waals surface area contributed by atoms with Gasteiger partial charge in [-0.05, 0) is 36.9 Å². The Kier molecular flexibility index (Phi) is 6.57. The van der Waals surface area contributed by atoms with Gasteiger partial charge in [0, 0.05) is 13.1 Å². The second-order valence-electron chi connectivity index (χ2n) is 5.53. The second-order valence-corrected chi connectivity index (χ2v) is 5.53. The number of hydrogen-bond donors (Lipinski definition) is 1. The lowest BCUT2D eigenvalue weighted by atomic mass is 10.1. The Morgan fingerprint density at radius 2 is 1.95 bits per heavy atom. The van der Waals surface area contributed by atoms with Gasteiger partial charge in [-0.1, -0.05) is 38.1 Å². The minimum atomic E-state index is -0.723. The second kappa shape index (κ2) is 7.95. The minimum Gasteiger partial charge on any atom is -0.481 e. The van der Waals surface area contributed by atoms with Crippen molar-refractivity contribution in [1.82, 2.24) is 4.90 Å². The number of nitrogens with zero attached hydrogens (tertiary/aromatic N) is 1. The predicted molar refractivity (Wildman–Crippen MR) is 78.2 cm³/mol. The molecule has 0 aliphatic carbocycles. The first-order valence-electron chi connectivity index (χ1n) is 6.97. The summed E-state index contributed by atoms with van der Waals surface area (Å²) in [5.74, 6) is -0.0801. The molecule has 0 saturated carbocycles. The molecule has 0 aromatic heterocycles. The molecule has 0 spiro atoms. The van der Waals surface area contributed by atoms with Crippen molar-refractivity contribution in [3.05, 3.63) is 35.4 Å². The van der Waals surface area contributed by atoms with Crippen LogP contribution in [0.5, 0.6) is 0 Å². The molecule has 0 aliphatic heterocycles. The zero-order valence-electron chi connectivity index (χ0n) is 12.2. The first-order valence-corrected chi connectivity index (χ1v) is 6.97. The highest BCUT2D eigenvalue weighted by Gasteiger charge is 2.10. The molecule has 3 heteroatoms. The van der Waals surface area contributed by atoms with Crippen molar-refractivity contribution < 1.29 is 9.90 Å². The van der Waals surface area contributed by atoms with Crippen LogP contribution in [-0.2, 0) is 11.3 Å². The van der Waals surface area contributed by atoms with Crippen LogP contribution in [0.15, 0.2) is 24.3 Å². The van der Waals surface area contributed by atoms with Crippen molar-refractivity contribution in [3.8, 4) is 0 Å². The van der Waals surface area contributed by atoms with E-state index in [4.69, 9.17) is 5.11 Å². The molecular formula is C16H25NO2. The van der Waals surface area contributed by atoms with Crippen LogP contribution in [-0.4, -0.2) is 29.1 Å². The molecule has 0 heterocycles. The molecule has 0 amide bonds. The van der Waals surface area contributed by atoms with Crippen LogP contribution in [0.2, 0.25) is 0 Å². The van der Waals surface area contributed by atoms with Gasteiger partial charge in [-0.15, -0.1) is 0 Å². The van der Waals surface area contributed by atoms with Crippen LogP contribution in [0.1, 0.15) is 37.8 Å². The number of carboxylic acids is 1. The number of aryl methyl sites for hydroxylation is 1. The monoisotopic (exact) mass is 263 g/mol. The summed E-state index contributed by atoms with van der Waals surface area (Å²) in [6, 6.07) is 8.31. The number of benzene rings is 1. The summed E-state index contributed by atoms with van der Waals surface area (Å²) in [4.78, 5) is 13.0. The lowest BCUT2D eigenvalue weighted by Crippen LogP contribution is -2.28. The first kappa shape index (κ1) is 15.7. The number of carbonyl (C=O) groups is 1. The topological polar surface area (TPSA) is 40.5 Å². The molecule has 0 bridgehead atoms. The minimum absolute atomic E-state index is 0.212. The Morgan fingerprint density at radius 3 is 2.53 bits per heavy atom. The van der Waals surface area contributed by atoms with E-state index in [-0.39, 0.29) is 6.42 Å². The summed E-state index contributed by atoms with van der Waals surface area (Å²) in [7, 11) is 0. The quantitative estimate of drug-likeness (QED) is 0.782. The van der Waals surface area contributed by atoms with E-state index in [0.29, 0.717) is 12.5 Å². The van der Waals surface area contributed by atoms with E-state index in [1.54, 1.807) is 0 Å². The summed E-state index contributed by atoms with van der Waals surface area (Å²) < 4.78 is 0. The first-order chi connectivity index (χ1) is 8.99. The van der Waals surface area contributed by atoms with Gasteiger partial charge in [0.1, 0.15) is 0 Å². The highest BCUT2D eigenvalue weighted by molar-refractivity contribution is 5.66. The van der Waals surface area contributed by atoms with Gasteiger partial charge < -0.3 is 5.11 Å². The molecule has 0 fully saturated rings. The number of hydrogen-bond acceptors (Lipinski definition) is 2. The largest absolute Gasteiger partial charge is 0.481 e. The Bertz CT molecular complexity index is 401. The van der Waals surface area contributed by atoms with Crippen LogP contribution in [0.3, 0.4) is 0 Å². The molecule has 0 atom stereocenters. The standard InChI is InChI=1S/C16H25NO2/c1-13(2)8-10-17(11-9-16(18)19)12-15-7-5-4-6-14(15)3/h4-7,13H,8-12H2,1-3H3,(H,18,19). The lowest BCUT2D eigenvalue weighted by Gasteiger charge is -2.23. The summed E-state index contributed by atoms with van der Waals surface area (Å²) >= 11 is 0. The number of aliphatic carboxylic acids is 1. The Balaban J connectivity index is 2.62. The van der Waals surface area contributed by atoms with Crippen molar-refractivity contribution in [2.75, 3.05) is 13.1 Å². The lowest BCUT2D eigenvalue weighted by molar-refractivity contribution is -0.137. The summed E-state index contributed by atoms with van der Waals surface area (Å²) in [6.45, 7) is 8.92. The molecule has 3 nitrogen and oxygen atoms in total. The van der Waals surface area contributed by atoms with E-state index in [2.05, 4.69) is 37.8 Å². The van der Waals surface area contributed by atoms with Gasteiger partial charge >= 0.3 is 5.97 Å². The molecule has 1 N–H and O–H groups in total. The molecule has 0 unspecified atom stereocenters. The Morgan fingerprint density at radius 1 is 1.26 bits per heavy atom. The van der Waals surface area contributed by atoms with Gasteiger partial charge in [0.25, 0.3) is 0 Å². The van der Waals surface area contributed by atoms with Gasteiger partial charge in [0.05, 0.1) is 6.42 Å². The summed E-state index contributed by atoms with van der Waals surface area (Å²) in [5, 5.41) is 8.83. The summed E-state index contributed by atoms with van der Waals surface area (Å²) in [6.07, 6.45) is 1.31. The highest BCUT2D eigenvalue weighted by atomic mass is 16.4. The third-order valence-corrected chi connectivity index (χ3v) is 3.32. The molecule has 1 aromatic rings. The van der Waals surface area contributed by atoms with E-state index in [1.807, 2.05) is 12.1 Å². The van der Waals surface area contributed by atoms with Crippen LogP contribution in [0.25, 0.3) is 0 Å². The van der Waals surface area contributed by atoms with E-state index in [0.717, 1.165) is 19.5 Å². The van der Waals surface area contributed by atoms with Crippen molar-refractivity contribution >= 4 is 5.97 Å². The fourth-order valence-electron chi connectivity index (χ4n) is 1.99. The average Bonchev–Trinajstić information content (AvgIpc) is 2.34. The van der Waals surface area contributed by atoms with E-state index < -0.39 is 5.97 Å². The third kappa shape index (κ3) is 6.39. The van der Waals surface area contributed by atoms with E-state index >= 15 is 0 Å². The smallest absolute Gasteiger partial charge is 0.304 e. The van der Waals surface area contributed by atoms with Crippen LogP contribution in [0.4, 0.5) is 0 Å². The van der Waals surface area contributed by atoms with Crippen molar-refractivity contribution in [2.45, 2.75) is 40.2 Å². The molecule has 19 heavy (non-hydrogen) atoms. The van der Waals surface area contributed by atoms with Crippen molar-refractivity contribution in [1.29, 1.82) is 0 Å². The van der Waals surface area contributed by atoms with Gasteiger partial charge in [0.2, 0.25) is 0 Å². The van der Waals surface area contributed by atoms with E-state index in [1.165, 1.54) is 11.1 Å². The average molecular weight is 263 g/mol. The Hall–Kier alpha value is -1.35. The van der Waals surface area contributed by atoms with Crippen molar-refractivity contribution in [3.63, 3.8) is 0 Å². The molecule has 1 aromatic carbocycles. The Labute approximate surface area is 116 Å². The van der Waals surface area contributed by atoms with Crippen LogP contribution < -0.4 is 0 Å². The maximum absolute atomic E-state index is 10.7. The SMILES string of the molecule is Cc1ccccc1CN(CCC(=O)O)CCC(C)C. The maximum atomic E-state index is 10.7.